The van der Waals surface area contributed by atoms with Gasteiger partial charge in [0.15, 0.2) is 10.8 Å². The van der Waals surface area contributed by atoms with Gasteiger partial charge in [-0.1, -0.05) is 29.3 Å². The Hall–Kier alpha value is -2.16. The fraction of sp³-hybridized carbons (Fsp3) is 0. The van der Waals surface area contributed by atoms with Crippen molar-refractivity contribution in [2.24, 2.45) is 0 Å². The Kier molecular flexibility index (Phi) is 2.82. The summed E-state index contributed by atoms with van der Waals surface area (Å²) in [6.45, 7) is 0. The van der Waals surface area contributed by atoms with Gasteiger partial charge in [0.25, 0.3) is 0 Å². The van der Waals surface area contributed by atoms with Crippen LogP contribution < -0.4 is 0 Å². The van der Waals surface area contributed by atoms with Crippen LogP contribution in [0.3, 0.4) is 0 Å². The van der Waals surface area contributed by atoms with Crippen molar-refractivity contribution < 1.29 is 0 Å². The van der Waals surface area contributed by atoms with Crippen LogP contribution in [-0.2, 0) is 0 Å². The normalized spacial score (nSPS) is 10.6. The molecule has 0 amide bonds. The van der Waals surface area contributed by atoms with Gasteiger partial charge in [-0.15, -0.1) is 0 Å². The molecule has 0 atom stereocenters. The van der Waals surface area contributed by atoms with Crippen LogP contribution in [-0.4, -0.2) is 20.2 Å². The van der Waals surface area contributed by atoms with Crippen LogP contribution in [0.2, 0.25) is 10.2 Å². The van der Waals surface area contributed by atoms with Crippen LogP contribution in [0, 0.1) is 11.3 Å². The SMILES string of the molecule is N#Cc1ncc(-c2ccc(Cl)c3[nH]ncc23)nc1Cl. The summed E-state index contributed by atoms with van der Waals surface area (Å²) in [6, 6.07) is 5.42. The second-order valence-electron chi connectivity index (χ2n) is 3.76. The van der Waals surface area contributed by atoms with Gasteiger partial charge in [0, 0.05) is 10.9 Å². The summed E-state index contributed by atoms with van der Waals surface area (Å²) in [5.74, 6) is 0. The lowest BCUT2D eigenvalue weighted by Crippen LogP contribution is -1.92. The lowest BCUT2D eigenvalue weighted by Gasteiger charge is -2.04. The molecule has 0 saturated heterocycles. The Morgan fingerprint density at radius 1 is 1.21 bits per heavy atom. The fourth-order valence-corrected chi connectivity index (χ4v) is 2.19. The standard InChI is InChI=1S/C12H5Cl2N5/c13-8-2-1-6(7-4-17-19-11(7)8)10-5-16-9(3-15)12(14)18-10/h1-2,4-5H,(H,17,19). The minimum absolute atomic E-state index is 0.0756. The summed E-state index contributed by atoms with van der Waals surface area (Å²) >= 11 is 12.0. The predicted octanol–water partition coefficient (Wildman–Crippen LogP) is 3.20. The van der Waals surface area contributed by atoms with Crippen LogP contribution in [0.15, 0.2) is 24.5 Å². The molecule has 0 aliphatic rings. The van der Waals surface area contributed by atoms with Crippen molar-refractivity contribution in [1.82, 2.24) is 20.2 Å². The average Bonchev–Trinajstić information content (AvgIpc) is 2.89. The minimum atomic E-state index is 0.0756. The van der Waals surface area contributed by atoms with Crippen molar-refractivity contribution in [3.05, 3.63) is 40.4 Å². The number of rotatable bonds is 1. The molecule has 0 fully saturated rings. The number of aromatic amines is 1. The average molecular weight is 290 g/mol. The molecule has 7 heteroatoms. The molecule has 1 aromatic carbocycles. The van der Waals surface area contributed by atoms with Crippen molar-refractivity contribution in [2.45, 2.75) is 0 Å². The van der Waals surface area contributed by atoms with Gasteiger partial charge in [-0.05, 0) is 6.07 Å². The zero-order valence-corrected chi connectivity index (χ0v) is 10.9. The highest BCUT2D eigenvalue weighted by Gasteiger charge is 2.12. The Balaban J connectivity index is 2.25. The highest BCUT2D eigenvalue weighted by atomic mass is 35.5. The number of nitrogens with zero attached hydrogens (tertiary/aromatic N) is 4. The first-order valence-electron chi connectivity index (χ1n) is 5.25. The van der Waals surface area contributed by atoms with E-state index in [1.165, 1.54) is 6.20 Å². The molecule has 3 aromatic rings. The van der Waals surface area contributed by atoms with Gasteiger partial charge in [0.2, 0.25) is 0 Å². The Morgan fingerprint density at radius 3 is 2.79 bits per heavy atom. The molecule has 1 N–H and O–H groups in total. The quantitative estimate of drug-likeness (QED) is 0.746. The Morgan fingerprint density at radius 2 is 2.05 bits per heavy atom. The molecule has 0 aliphatic heterocycles. The van der Waals surface area contributed by atoms with Crippen LogP contribution in [0.5, 0.6) is 0 Å². The molecule has 0 aliphatic carbocycles. The van der Waals surface area contributed by atoms with E-state index in [9.17, 15) is 0 Å². The van der Waals surface area contributed by atoms with Crippen molar-refractivity contribution in [2.75, 3.05) is 0 Å². The molecule has 0 spiro atoms. The summed E-state index contributed by atoms with van der Waals surface area (Å²) in [5.41, 5.74) is 2.18. The molecule has 3 rings (SSSR count). The van der Waals surface area contributed by atoms with Gasteiger partial charge in [-0.3, -0.25) is 5.10 Å². The highest BCUT2D eigenvalue weighted by Crippen LogP contribution is 2.31. The second-order valence-corrected chi connectivity index (χ2v) is 4.53. The molecule has 19 heavy (non-hydrogen) atoms. The van der Waals surface area contributed by atoms with Gasteiger partial charge in [0.1, 0.15) is 6.07 Å². The van der Waals surface area contributed by atoms with Gasteiger partial charge in [-0.2, -0.15) is 10.4 Å². The van der Waals surface area contributed by atoms with Gasteiger partial charge < -0.3 is 0 Å². The van der Waals surface area contributed by atoms with E-state index in [4.69, 9.17) is 28.5 Å². The van der Waals surface area contributed by atoms with Crippen molar-refractivity contribution in [3.8, 4) is 17.3 Å². The van der Waals surface area contributed by atoms with Crippen LogP contribution in [0.1, 0.15) is 5.69 Å². The van der Waals surface area contributed by atoms with Gasteiger partial charge in [-0.25, -0.2) is 9.97 Å². The van der Waals surface area contributed by atoms with E-state index in [0.717, 1.165) is 16.5 Å². The summed E-state index contributed by atoms with van der Waals surface area (Å²) < 4.78 is 0. The molecular formula is C12H5Cl2N5. The molecule has 0 radical (unpaired) electrons. The van der Waals surface area contributed by atoms with Gasteiger partial charge >= 0.3 is 0 Å². The number of hydrogen-bond donors (Lipinski definition) is 1. The van der Waals surface area contributed by atoms with Crippen molar-refractivity contribution in [1.29, 1.82) is 5.26 Å². The smallest absolute Gasteiger partial charge is 0.177 e. The summed E-state index contributed by atoms with van der Waals surface area (Å²) in [5, 5.41) is 17.0. The molecule has 0 unspecified atom stereocenters. The number of benzene rings is 1. The van der Waals surface area contributed by atoms with E-state index in [2.05, 4.69) is 20.2 Å². The molecule has 2 aromatic heterocycles. The number of H-pyrrole nitrogens is 1. The van der Waals surface area contributed by atoms with E-state index in [-0.39, 0.29) is 10.8 Å². The minimum Gasteiger partial charge on any atom is -0.276 e. The second kappa shape index (κ2) is 4.50. The first-order chi connectivity index (χ1) is 9.20. The van der Waals surface area contributed by atoms with Crippen LogP contribution >= 0.6 is 23.2 Å². The van der Waals surface area contributed by atoms with E-state index in [1.54, 1.807) is 12.3 Å². The zero-order valence-electron chi connectivity index (χ0n) is 9.35. The van der Waals surface area contributed by atoms with E-state index >= 15 is 0 Å². The maximum Gasteiger partial charge on any atom is 0.177 e. The monoisotopic (exact) mass is 289 g/mol. The van der Waals surface area contributed by atoms with Crippen LogP contribution in [0.4, 0.5) is 0 Å². The lowest BCUT2D eigenvalue weighted by molar-refractivity contribution is 1.12. The van der Waals surface area contributed by atoms with E-state index in [0.29, 0.717) is 10.7 Å². The van der Waals surface area contributed by atoms with E-state index < -0.39 is 0 Å². The summed E-state index contributed by atoms with van der Waals surface area (Å²) in [7, 11) is 0. The molecule has 5 nitrogen and oxygen atoms in total. The maximum atomic E-state index is 8.79. The molecule has 0 saturated carbocycles. The van der Waals surface area contributed by atoms with Crippen molar-refractivity contribution >= 4 is 34.1 Å². The third-order valence-corrected chi connectivity index (χ3v) is 3.25. The number of halogens is 2. The molecule has 92 valence electrons. The third-order valence-electron chi connectivity index (χ3n) is 2.68. The first kappa shape index (κ1) is 11.9. The van der Waals surface area contributed by atoms with E-state index in [1.807, 2.05) is 12.1 Å². The topological polar surface area (TPSA) is 78.2 Å². The zero-order chi connectivity index (χ0) is 13.4. The maximum absolute atomic E-state index is 8.79. The Labute approximate surface area is 117 Å². The number of nitrogens with one attached hydrogen (secondary N) is 1. The number of aromatic nitrogens is 4. The fourth-order valence-electron chi connectivity index (χ4n) is 1.80. The lowest BCUT2D eigenvalue weighted by atomic mass is 10.1. The van der Waals surface area contributed by atoms with Crippen LogP contribution in [0.25, 0.3) is 22.2 Å². The largest absolute Gasteiger partial charge is 0.276 e. The van der Waals surface area contributed by atoms with Crippen molar-refractivity contribution in [3.63, 3.8) is 0 Å². The third kappa shape index (κ3) is 1.91. The molecular weight excluding hydrogens is 285 g/mol. The number of hydrogen-bond acceptors (Lipinski definition) is 4. The first-order valence-corrected chi connectivity index (χ1v) is 6.01. The molecule has 0 bridgehead atoms. The number of nitriles is 1. The predicted molar refractivity (Wildman–Crippen MR) is 71.9 cm³/mol. The number of fused-ring (bicyclic) bond motifs is 1. The summed E-state index contributed by atoms with van der Waals surface area (Å²) in [4.78, 5) is 8.14. The van der Waals surface area contributed by atoms with Gasteiger partial charge in [0.05, 0.1) is 28.6 Å². The highest BCUT2D eigenvalue weighted by molar-refractivity contribution is 6.35. The Bertz CT molecular complexity index is 819. The molecule has 2 heterocycles. The summed E-state index contributed by atoms with van der Waals surface area (Å²) in [6.07, 6.45) is 3.16.